The molecule has 0 fully saturated rings. The highest BCUT2D eigenvalue weighted by atomic mass is 32.2. The van der Waals surface area contributed by atoms with E-state index < -0.39 is 10.0 Å². The molecule has 0 amide bonds. The van der Waals surface area contributed by atoms with Gasteiger partial charge in [0.25, 0.3) is 0 Å². The average molecular weight is 336 g/mol. The summed E-state index contributed by atoms with van der Waals surface area (Å²) in [6, 6.07) is 0.133. The van der Waals surface area contributed by atoms with Gasteiger partial charge in [-0.2, -0.15) is 4.37 Å². The van der Waals surface area contributed by atoms with Crippen LogP contribution in [0.3, 0.4) is 0 Å². The molecule has 3 N–H and O–H groups in total. The predicted molar refractivity (Wildman–Crippen MR) is 86.2 cm³/mol. The second-order valence-electron chi connectivity index (χ2n) is 4.88. The number of aromatic nitrogens is 1. The molecule has 1 aromatic rings. The average Bonchev–Trinajstić information content (AvgIpc) is 2.81. The number of aliphatic hydroxyl groups excluding tert-OH is 1. The molecule has 7 nitrogen and oxygen atoms in total. The fourth-order valence-corrected chi connectivity index (χ4v) is 4.49. The van der Waals surface area contributed by atoms with E-state index in [4.69, 9.17) is 5.73 Å². The van der Waals surface area contributed by atoms with E-state index in [9.17, 15) is 13.5 Å². The number of nitrogens with zero attached hydrogens (tertiary/aromatic N) is 3. The molecule has 21 heavy (non-hydrogen) atoms. The third kappa shape index (κ3) is 3.65. The van der Waals surface area contributed by atoms with Crippen molar-refractivity contribution in [3.63, 3.8) is 0 Å². The van der Waals surface area contributed by atoms with Gasteiger partial charge in [-0.3, -0.25) is 0 Å². The Morgan fingerprint density at radius 1 is 1.33 bits per heavy atom. The largest absolute Gasteiger partial charge is 0.395 e. The molecule has 0 aliphatic rings. The molecule has 1 rings (SSSR count). The zero-order valence-corrected chi connectivity index (χ0v) is 14.5. The quantitative estimate of drug-likeness (QED) is 0.733. The van der Waals surface area contributed by atoms with E-state index in [1.807, 2.05) is 18.7 Å². The van der Waals surface area contributed by atoms with Crippen molar-refractivity contribution >= 4 is 32.4 Å². The Morgan fingerprint density at radius 3 is 2.33 bits per heavy atom. The number of rotatable bonds is 8. The molecule has 0 spiro atoms. The summed E-state index contributed by atoms with van der Waals surface area (Å²) in [5.41, 5.74) is 5.79. The lowest BCUT2D eigenvalue weighted by Gasteiger charge is -2.31. The summed E-state index contributed by atoms with van der Waals surface area (Å²) in [5.74, 6) is 0.0117. The van der Waals surface area contributed by atoms with Gasteiger partial charge in [0.05, 0.1) is 6.61 Å². The van der Waals surface area contributed by atoms with Crippen LogP contribution < -0.4 is 10.6 Å². The van der Waals surface area contributed by atoms with Crippen LogP contribution in [0, 0.1) is 0 Å². The molecular weight excluding hydrogens is 312 g/mol. The van der Waals surface area contributed by atoms with Crippen LogP contribution in [0.1, 0.15) is 26.7 Å². The number of nitrogen functional groups attached to an aromatic ring is 1. The molecule has 9 heteroatoms. The first-order valence-corrected chi connectivity index (χ1v) is 9.07. The van der Waals surface area contributed by atoms with Crippen LogP contribution in [0.4, 0.5) is 10.8 Å². The Kier molecular flexibility index (Phi) is 6.39. The van der Waals surface area contributed by atoms with E-state index >= 15 is 0 Å². The van der Waals surface area contributed by atoms with Gasteiger partial charge in [0.1, 0.15) is 5.00 Å². The van der Waals surface area contributed by atoms with Gasteiger partial charge in [-0.05, 0) is 24.4 Å². The van der Waals surface area contributed by atoms with Crippen LogP contribution in [-0.2, 0) is 10.0 Å². The lowest BCUT2D eigenvalue weighted by Crippen LogP contribution is -2.37. The molecule has 0 aromatic carbocycles. The topological polar surface area (TPSA) is 99.8 Å². The van der Waals surface area contributed by atoms with Gasteiger partial charge in [-0.15, -0.1) is 0 Å². The summed E-state index contributed by atoms with van der Waals surface area (Å²) in [4.78, 5) is 1.93. The number of anilines is 2. The van der Waals surface area contributed by atoms with Crippen molar-refractivity contribution in [2.45, 2.75) is 37.6 Å². The SMILES string of the molecule is CCC(CC)N(CCO)c1snc(N)c1S(=O)(=O)N(C)C. The fourth-order valence-electron chi connectivity index (χ4n) is 2.18. The molecule has 1 aromatic heterocycles. The lowest BCUT2D eigenvalue weighted by molar-refractivity contribution is 0.296. The molecular formula is C12H24N4O3S2. The van der Waals surface area contributed by atoms with Crippen molar-refractivity contribution in [2.75, 3.05) is 37.9 Å². The zero-order valence-electron chi connectivity index (χ0n) is 12.9. The normalized spacial score (nSPS) is 12.3. The van der Waals surface area contributed by atoms with Crippen LogP contribution in [0.25, 0.3) is 0 Å². The van der Waals surface area contributed by atoms with Gasteiger partial charge >= 0.3 is 0 Å². The first-order valence-electron chi connectivity index (χ1n) is 6.86. The van der Waals surface area contributed by atoms with Crippen molar-refractivity contribution in [3.05, 3.63) is 0 Å². The molecule has 1 heterocycles. The smallest absolute Gasteiger partial charge is 0.249 e. The Morgan fingerprint density at radius 2 is 1.90 bits per heavy atom. The summed E-state index contributed by atoms with van der Waals surface area (Å²) >= 11 is 1.06. The monoisotopic (exact) mass is 336 g/mol. The van der Waals surface area contributed by atoms with E-state index in [2.05, 4.69) is 4.37 Å². The summed E-state index contributed by atoms with van der Waals surface area (Å²) in [7, 11) is -0.751. The number of sulfonamides is 1. The predicted octanol–water partition coefficient (Wildman–Crippen LogP) is 0.963. The van der Waals surface area contributed by atoms with Crippen molar-refractivity contribution in [1.29, 1.82) is 0 Å². The molecule has 0 saturated carbocycles. The second kappa shape index (κ2) is 7.39. The molecule has 0 radical (unpaired) electrons. The fraction of sp³-hybridized carbons (Fsp3) is 0.750. The summed E-state index contributed by atoms with van der Waals surface area (Å²) < 4.78 is 30.1. The molecule has 0 unspecified atom stereocenters. The third-order valence-electron chi connectivity index (χ3n) is 3.38. The molecule has 0 aliphatic heterocycles. The lowest BCUT2D eigenvalue weighted by atomic mass is 10.1. The van der Waals surface area contributed by atoms with E-state index in [0.717, 1.165) is 28.7 Å². The maximum absolute atomic E-state index is 12.5. The standard InChI is InChI=1S/C12H24N4O3S2/c1-5-9(6-2)16(7-8-17)12-10(11(13)14-20-12)21(18,19)15(3)4/h9,17H,5-8H2,1-4H3,(H2,13,14). The second-order valence-corrected chi connectivity index (χ2v) is 7.72. The van der Waals surface area contributed by atoms with E-state index in [1.54, 1.807) is 0 Å². The zero-order chi connectivity index (χ0) is 16.2. The van der Waals surface area contributed by atoms with Crippen LogP contribution >= 0.6 is 11.5 Å². The van der Waals surface area contributed by atoms with Gasteiger partial charge < -0.3 is 15.7 Å². The maximum Gasteiger partial charge on any atom is 0.249 e. The third-order valence-corrected chi connectivity index (χ3v) is 6.29. The molecule has 0 saturated heterocycles. The Hall–Kier alpha value is -0.900. The van der Waals surface area contributed by atoms with Gasteiger partial charge in [0.15, 0.2) is 10.7 Å². The molecule has 122 valence electrons. The van der Waals surface area contributed by atoms with Crippen molar-refractivity contribution < 1.29 is 13.5 Å². The van der Waals surface area contributed by atoms with Gasteiger partial charge in [-0.25, -0.2) is 12.7 Å². The highest BCUT2D eigenvalue weighted by Crippen LogP contribution is 2.37. The minimum absolute atomic E-state index is 0.0117. The summed E-state index contributed by atoms with van der Waals surface area (Å²) in [6.45, 7) is 4.35. The van der Waals surface area contributed by atoms with Crippen LogP contribution in [0.15, 0.2) is 4.90 Å². The van der Waals surface area contributed by atoms with E-state index in [0.29, 0.717) is 11.5 Å². The van der Waals surface area contributed by atoms with Crippen LogP contribution in [-0.4, -0.2) is 55.5 Å². The number of hydrogen-bond acceptors (Lipinski definition) is 7. The van der Waals surface area contributed by atoms with Crippen molar-refractivity contribution in [3.8, 4) is 0 Å². The first kappa shape index (κ1) is 18.1. The number of aliphatic hydroxyl groups is 1. The number of nitrogens with two attached hydrogens (primary N) is 1. The minimum atomic E-state index is -3.68. The minimum Gasteiger partial charge on any atom is -0.395 e. The molecule has 0 aliphatic carbocycles. The Balaban J connectivity index is 3.41. The highest BCUT2D eigenvalue weighted by molar-refractivity contribution is 7.89. The summed E-state index contributed by atoms with van der Waals surface area (Å²) in [5, 5.41) is 9.80. The van der Waals surface area contributed by atoms with Gasteiger partial charge in [0, 0.05) is 26.7 Å². The Labute approximate surface area is 130 Å². The van der Waals surface area contributed by atoms with Gasteiger partial charge in [-0.1, -0.05) is 13.8 Å². The van der Waals surface area contributed by atoms with E-state index in [1.165, 1.54) is 14.1 Å². The Bertz CT molecular complexity index is 553. The number of hydrogen-bond donors (Lipinski definition) is 2. The van der Waals surface area contributed by atoms with Crippen molar-refractivity contribution in [1.82, 2.24) is 8.68 Å². The summed E-state index contributed by atoms with van der Waals surface area (Å²) in [6.07, 6.45) is 1.69. The highest BCUT2D eigenvalue weighted by Gasteiger charge is 2.32. The van der Waals surface area contributed by atoms with Crippen LogP contribution in [0.5, 0.6) is 0 Å². The van der Waals surface area contributed by atoms with Gasteiger partial charge in [0.2, 0.25) is 10.0 Å². The molecule has 0 bridgehead atoms. The van der Waals surface area contributed by atoms with E-state index in [-0.39, 0.29) is 23.4 Å². The first-order chi connectivity index (χ1) is 9.81. The van der Waals surface area contributed by atoms with Crippen molar-refractivity contribution in [2.24, 2.45) is 0 Å². The van der Waals surface area contributed by atoms with Crippen LogP contribution in [0.2, 0.25) is 0 Å². The maximum atomic E-state index is 12.5. The molecule has 0 atom stereocenters.